The third-order valence-corrected chi connectivity index (χ3v) is 7.24. The normalized spacial score (nSPS) is 20.5. The molecule has 1 saturated carbocycles. The Hall–Kier alpha value is -1.92. The maximum atomic E-state index is 12.4. The van der Waals surface area contributed by atoms with Crippen molar-refractivity contribution in [3.63, 3.8) is 0 Å². The average Bonchev–Trinajstić information content (AvgIpc) is 3.68. The summed E-state index contributed by atoms with van der Waals surface area (Å²) < 4.78 is 5.59. The van der Waals surface area contributed by atoms with Gasteiger partial charge in [-0.2, -0.15) is 0 Å². The fourth-order valence-corrected chi connectivity index (χ4v) is 5.20. The maximum absolute atomic E-state index is 12.4. The Kier molecular flexibility index (Phi) is 8.57. The molecule has 1 aromatic rings. The van der Waals surface area contributed by atoms with Crippen molar-refractivity contribution in [3.05, 3.63) is 35.9 Å². The second-order valence-electron chi connectivity index (χ2n) is 9.60. The molecule has 32 heavy (non-hydrogen) atoms. The van der Waals surface area contributed by atoms with Crippen LogP contribution >= 0.6 is 0 Å². The van der Waals surface area contributed by atoms with Crippen LogP contribution in [0.5, 0.6) is 0 Å². The summed E-state index contributed by atoms with van der Waals surface area (Å²) in [4.78, 5) is 29.5. The summed E-state index contributed by atoms with van der Waals surface area (Å²) in [5.41, 5.74) is 1.29. The number of hydrogen-bond donors (Lipinski definition) is 1. The van der Waals surface area contributed by atoms with Crippen molar-refractivity contribution >= 4 is 11.8 Å². The largest absolute Gasteiger partial charge is 0.381 e. The van der Waals surface area contributed by atoms with Gasteiger partial charge < -0.3 is 15.0 Å². The van der Waals surface area contributed by atoms with Crippen molar-refractivity contribution in [3.8, 4) is 0 Å². The first-order chi connectivity index (χ1) is 15.7. The van der Waals surface area contributed by atoms with Crippen LogP contribution < -0.4 is 5.32 Å². The van der Waals surface area contributed by atoms with E-state index >= 15 is 0 Å². The van der Waals surface area contributed by atoms with E-state index in [0.29, 0.717) is 36.9 Å². The van der Waals surface area contributed by atoms with Gasteiger partial charge in [-0.25, -0.2) is 0 Å². The topological polar surface area (TPSA) is 61.9 Å². The van der Waals surface area contributed by atoms with E-state index in [1.807, 2.05) is 18.2 Å². The zero-order chi connectivity index (χ0) is 22.2. The second kappa shape index (κ2) is 11.8. The van der Waals surface area contributed by atoms with Gasteiger partial charge >= 0.3 is 0 Å². The van der Waals surface area contributed by atoms with Gasteiger partial charge in [-0.05, 0) is 56.9 Å². The van der Waals surface area contributed by atoms with Gasteiger partial charge in [0.1, 0.15) is 0 Å². The first-order valence-corrected chi connectivity index (χ1v) is 12.6. The lowest BCUT2D eigenvalue weighted by Crippen LogP contribution is -2.53. The summed E-state index contributed by atoms with van der Waals surface area (Å²) in [6.45, 7) is 4.99. The number of hydrogen-bond acceptors (Lipinski definition) is 4. The number of benzene rings is 1. The van der Waals surface area contributed by atoms with Crippen LogP contribution in [0, 0.1) is 5.92 Å². The SMILES string of the molecule is O=C(CCCc1ccccc1)NCCN(C1CCOCC1)C1CCN(C(=O)C2CC2)CC1. The highest BCUT2D eigenvalue weighted by Gasteiger charge is 2.37. The lowest BCUT2D eigenvalue weighted by molar-refractivity contribution is -0.134. The third-order valence-electron chi connectivity index (χ3n) is 7.24. The van der Waals surface area contributed by atoms with E-state index < -0.39 is 0 Å². The smallest absolute Gasteiger partial charge is 0.225 e. The van der Waals surface area contributed by atoms with Gasteiger partial charge in [-0.15, -0.1) is 0 Å². The zero-order valence-corrected chi connectivity index (χ0v) is 19.3. The molecule has 176 valence electrons. The highest BCUT2D eigenvalue weighted by molar-refractivity contribution is 5.81. The molecule has 2 heterocycles. The molecule has 4 rings (SSSR count). The molecule has 3 aliphatic rings. The van der Waals surface area contributed by atoms with Crippen molar-refractivity contribution in [1.82, 2.24) is 15.1 Å². The Bertz CT molecular complexity index is 723. The van der Waals surface area contributed by atoms with Crippen molar-refractivity contribution in [2.45, 2.75) is 69.9 Å². The molecule has 1 N–H and O–H groups in total. The first kappa shape index (κ1) is 23.2. The fourth-order valence-electron chi connectivity index (χ4n) is 5.20. The zero-order valence-electron chi connectivity index (χ0n) is 19.3. The van der Waals surface area contributed by atoms with Gasteiger partial charge in [-0.3, -0.25) is 14.5 Å². The predicted molar refractivity (Wildman–Crippen MR) is 125 cm³/mol. The van der Waals surface area contributed by atoms with Crippen LogP contribution in [0.3, 0.4) is 0 Å². The minimum atomic E-state index is 0.151. The second-order valence-corrected chi connectivity index (χ2v) is 9.60. The van der Waals surface area contributed by atoms with Crippen molar-refractivity contribution in [2.24, 2.45) is 5.92 Å². The average molecular weight is 442 g/mol. The monoisotopic (exact) mass is 441 g/mol. The van der Waals surface area contributed by atoms with Crippen LogP contribution in [0.15, 0.2) is 30.3 Å². The number of ether oxygens (including phenoxy) is 1. The molecular weight excluding hydrogens is 402 g/mol. The highest BCUT2D eigenvalue weighted by atomic mass is 16.5. The van der Waals surface area contributed by atoms with Gasteiger partial charge in [0.25, 0.3) is 0 Å². The van der Waals surface area contributed by atoms with E-state index in [2.05, 4.69) is 27.2 Å². The highest BCUT2D eigenvalue weighted by Crippen LogP contribution is 2.32. The van der Waals surface area contributed by atoms with Gasteiger partial charge in [0.15, 0.2) is 0 Å². The van der Waals surface area contributed by atoms with Gasteiger partial charge in [0.05, 0.1) is 0 Å². The summed E-state index contributed by atoms with van der Waals surface area (Å²) in [5.74, 6) is 0.844. The van der Waals surface area contributed by atoms with E-state index in [-0.39, 0.29) is 5.91 Å². The minimum Gasteiger partial charge on any atom is -0.381 e. The number of nitrogens with one attached hydrogen (secondary N) is 1. The Labute approximate surface area is 192 Å². The summed E-state index contributed by atoms with van der Waals surface area (Å²) in [5, 5.41) is 3.15. The van der Waals surface area contributed by atoms with Crippen LogP contribution in [0.1, 0.15) is 56.9 Å². The lowest BCUT2D eigenvalue weighted by atomic mass is 9.97. The van der Waals surface area contributed by atoms with Crippen molar-refractivity contribution in [2.75, 3.05) is 39.4 Å². The number of amides is 2. The Balaban J connectivity index is 1.21. The standard InChI is InChI=1S/C26H39N3O3/c30-25(8-4-7-21-5-2-1-3-6-21)27-15-18-29(24-13-19-32-20-14-24)23-11-16-28(17-12-23)26(31)22-9-10-22/h1-3,5-6,22-24H,4,7-20H2,(H,27,30). The van der Waals surface area contributed by atoms with Crippen LogP contribution in [0.25, 0.3) is 0 Å². The Morgan fingerprint density at radius 3 is 2.34 bits per heavy atom. The summed E-state index contributed by atoms with van der Waals surface area (Å²) in [6, 6.07) is 11.4. The molecule has 0 aromatic heterocycles. The maximum Gasteiger partial charge on any atom is 0.225 e. The van der Waals surface area contributed by atoms with E-state index in [1.54, 1.807) is 0 Å². The number of carbonyl (C=O) groups excluding carboxylic acids is 2. The van der Waals surface area contributed by atoms with Crippen LogP contribution in [0.2, 0.25) is 0 Å². The minimum absolute atomic E-state index is 0.151. The molecule has 2 aliphatic heterocycles. The van der Waals surface area contributed by atoms with E-state index in [4.69, 9.17) is 4.74 Å². The molecule has 0 radical (unpaired) electrons. The summed E-state index contributed by atoms with van der Waals surface area (Å²) in [7, 11) is 0. The molecule has 1 aromatic carbocycles. The van der Waals surface area contributed by atoms with Crippen molar-refractivity contribution in [1.29, 1.82) is 0 Å². The lowest BCUT2D eigenvalue weighted by Gasteiger charge is -2.43. The molecule has 6 nitrogen and oxygen atoms in total. The van der Waals surface area contributed by atoms with Crippen LogP contribution in [0.4, 0.5) is 0 Å². The number of carbonyl (C=O) groups is 2. The summed E-state index contributed by atoms with van der Waals surface area (Å²) >= 11 is 0. The van der Waals surface area contributed by atoms with Gasteiger partial charge in [-0.1, -0.05) is 30.3 Å². The van der Waals surface area contributed by atoms with E-state index in [1.165, 1.54) is 5.56 Å². The molecule has 2 amide bonds. The Morgan fingerprint density at radius 1 is 0.969 bits per heavy atom. The fraction of sp³-hybridized carbons (Fsp3) is 0.692. The predicted octanol–water partition coefficient (Wildman–Crippen LogP) is 3.01. The molecule has 0 bridgehead atoms. The molecule has 0 unspecified atom stereocenters. The van der Waals surface area contributed by atoms with Gasteiger partial charge in [0, 0.05) is 63.8 Å². The summed E-state index contributed by atoms with van der Waals surface area (Å²) in [6.07, 6.45) is 8.78. The number of rotatable bonds is 10. The third kappa shape index (κ3) is 6.79. The van der Waals surface area contributed by atoms with Crippen LogP contribution in [-0.2, 0) is 20.7 Å². The van der Waals surface area contributed by atoms with E-state index in [0.717, 1.165) is 84.2 Å². The van der Waals surface area contributed by atoms with Gasteiger partial charge in [0.2, 0.25) is 11.8 Å². The van der Waals surface area contributed by atoms with E-state index in [9.17, 15) is 9.59 Å². The molecule has 6 heteroatoms. The molecular formula is C26H39N3O3. The van der Waals surface area contributed by atoms with Crippen LogP contribution in [-0.4, -0.2) is 73.1 Å². The molecule has 0 spiro atoms. The first-order valence-electron chi connectivity index (χ1n) is 12.6. The number of nitrogens with zero attached hydrogens (tertiary/aromatic N) is 2. The molecule has 2 saturated heterocycles. The number of piperidine rings is 1. The van der Waals surface area contributed by atoms with Crippen molar-refractivity contribution < 1.29 is 14.3 Å². The molecule has 1 aliphatic carbocycles. The number of likely N-dealkylation sites (tertiary alicyclic amines) is 1. The molecule has 0 atom stereocenters. The quantitative estimate of drug-likeness (QED) is 0.606. The Morgan fingerprint density at radius 2 is 1.66 bits per heavy atom. The molecule has 3 fully saturated rings. The number of aryl methyl sites for hydroxylation is 1.